The number of hydrogen-bond donors (Lipinski definition) is 1. The monoisotopic (exact) mass is 265 g/mol. The van der Waals surface area contributed by atoms with Gasteiger partial charge in [0.05, 0.1) is 11.4 Å². The summed E-state index contributed by atoms with van der Waals surface area (Å²) in [6.07, 6.45) is 3.72. The Morgan fingerprint density at radius 1 is 1.47 bits per heavy atom. The van der Waals surface area contributed by atoms with Gasteiger partial charge in [0, 0.05) is 20.1 Å². The molecule has 0 aromatic heterocycles. The third-order valence-corrected chi connectivity index (χ3v) is 4.00. The smallest absolute Gasteiger partial charge is 0.125 e. The topological polar surface area (TPSA) is 32.5 Å². The lowest BCUT2D eigenvalue weighted by Crippen LogP contribution is -2.34. The fraction of sp³-hybridized carbons (Fsp3) is 0.600. The molecule has 4 heteroatoms. The third kappa shape index (κ3) is 3.83. The molecule has 1 saturated heterocycles. The number of benzene rings is 1. The van der Waals surface area contributed by atoms with Crippen LogP contribution < -0.4 is 10.6 Å². The van der Waals surface area contributed by atoms with Gasteiger partial charge in [0.25, 0.3) is 0 Å². The predicted octanol–water partition coefficient (Wildman–Crippen LogP) is 2.58. The first kappa shape index (κ1) is 14.1. The van der Waals surface area contributed by atoms with E-state index in [1.807, 2.05) is 7.05 Å². The minimum absolute atomic E-state index is 0.228. The molecule has 0 amide bonds. The van der Waals surface area contributed by atoms with E-state index < -0.39 is 0 Å². The molecular formula is C15H24FN3. The van der Waals surface area contributed by atoms with Crippen LogP contribution in [0.15, 0.2) is 18.2 Å². The molecule has 1 aliphatic heterocycles. The molecule has 0 aliphatic carbocycles. The van der Waals surface area contributed by atoms with E-state index >= 15 is 0 Å². The second-order valence-corrected chi connectivity index (χ2v) is 5.68. The first-order chi connectivity index (χ1) is 9.06. The average Bonchev–Trinajstić information content (AvgIpc) is 2.39. The lowest BCUT2D eigenvalue weighted by atomic mass is 9.95. The van der Waals surface area contributed by atoms with E-state index in [0.29, 0.717) is 5.69 Å². The number of halogens is 1. The van der Waals surface area contributed by atoms with Gasteiger partial charge >= 0.3 is 0 Å². The molecule has 1 fully saturated rings. The lowest BCUT2D eigenvalue weighted by molar-refractivity contribution is 0.203. The maximum Gasteiger partial charge on any atom is 0.125 e. The Morgan fingerprint density at radius 2 is 2.26 bits per heavy atom. The summed E-state index contributed by atoms with van der Waals surface area (Å²) >= 11 is 0. The number of anilines is 2. The van der Waals surface area contributed by atoms with E-state index in [2.05, 4.69) is 16.8 Å². The first-order valence-electron chi connectivity index (χ1n) is 7.01. The molecule has 0 spiro atoms. The zero-order valence-electron chi connectivity index (χ0n) is 11.9. The van der Waals surface area contributed by atoms with Crippen molar-refractivity contribution in [3.63, 3.8) is 0 Å². The molecule has 2 N–H and O–H groups in total. The van der Waals surface area contributed by atoms with E-state index in [1.165, 1.54) is 38.1 Å². The number of nitrogens with zero attached hydrogens (tertiary/aromatic N) is 2. The first-order valence-corrected chi connectivity index (χ1v) is 7.01. The van der Waals surface area contributed by atoms with Crippen LogP contribution in [-0.4, -0.2) is 38.6 Å². The highest BCUT2D eigenvalue weighted by Crippen LogP contribution is 2.25. The van der Waals surface area contributed by atoms with Crippen molar-refractivity contribution in [2.24, 2.45) is 5.92 Å². The molecule has 0 bridgehead atoms. The summed E-state index contributed by atoms with van der Waals surface area (Å²) in [5.41, 5.74) is 7.34. The number of likely N-dealkylation sites (tertiary alicyclic amines) is 1. The molecule has 0 saturated carbocycles. The van der Waals surface area contributed by atoms with Crippen LogP contribution in [0.2, 0.25) is 0 Å². The second-order valence-electron chi connectivity index (χ2n) is 5.68. The zero-order chi connectivity index (χ0) is 13.8. The van der Waals surface area contributed by atoms with Crippen LogP contribution in [0.25, 0.3) is 0 Å². The summed E-state index contributed by atoms with van der Waals surface area (Å²) in [4.78, 5) is 4.46. The zero-order valence-corrected chi connectivity index (χ0v) is 11.9. The van der Waals surface area contributed by atoms with Gasteiger partial charge in [0.1, 0.15) is 5.82 Å². The third-order valence-electron chi connectivity index (χ3n) is 4.00. The van der Waals surface area contributed by atoms with Crippen LogP contribution in [0.1, 0.15) is 19.3 Å². The molecule has 3 nitrogen and oxygen atoms in total. The minimum atomic E-state index is -0.228. The van der Waals surface area contributed by atoms with Gasteiger partial charge in [-0.15, -0.1) is 0 Å². The van der Waals surface area contributed by atoms with Gasteiger partial charge in [0.2, 0.25) is 0 Å². The number of rotatable bonds is 4. The standard InChI is InChI=1S/C15H24FN3/c1-18-8-3-4-12(11-18)7-9-19(2)15-10-13(16)5-6-14(15)17/h5-6,10,12H,3-4,7-9,11,17H2,1-2H3. The van der Waals surface area contributed by atoms with E-state index in [-0.39, 0.29) is 5.82 Å². The van der Waals surface area contributed by atoms with Crippen molar-refractivity contribution in [3.05, 3.63) is 24.0 Å². The van der Waals surface area contributed by atoms with E-state index in [9.17, 15) is 4.39 Å². The maximum atomic E-state index is 13.3. The Kier molecular flexibility index (Phi) is 4.64. The highest BCUT2D eigenvalue weighted by Gasteiger charge is 2.17. The van der Waals surface area contributed by atoms with Crippen LogP contribution >= 0.6 is 0 Å². The van der Waals surface area contributed by atoms with E-state index in [1.54, 1.807) is 6.07 Å². The summed E-state index contributed by atoms with van der Waals surface area (Å²) in [5, 5.41) is 0. The van der Waals surface area contributed by atoms with Gasteiger partial charge < -0.3 is 15.5 Å². The number of nitrogens with two attached hydrogens (primary N) is 1. The molecule has 1 unspecified atom stereocenters. The Labute approximate surface area is 115 Å². The van der Waals surface area contributed by atoms with Gasteiger partial charge in [0.15, 0.2) is 0 Å². The average molecular weight is 265 g/mol. The second kappa shape index (κ2) is 6.24. The molecule has 0 radical (unpaired) electrons. The van der Waals surface area contributed by atoms with Gasteiger partial charge in [-0.3, -0.25) is 0 Å². The molecule has 2 rings (SSSR count). The van der Waals surface area contributed by atoms with Crippen molar-refractivity contribution in [1.82, 2.24) is 4.90 Å². The Bertz CT molecular complexity index is 422. The van der Waals surface area contributed by atoms with Crippen molar-refractivity contribution in [2.75, 3.05) is 44.4 Å². The summed E-state index contributed by atoms with van der Waals surface area (Å²) in [5.74, 6) is 0.518. The summed E-state index contributed by atoms with van der Waals surface area (Å²) in [6, 6.07) is 4.56. The lowest BCUT2D eigenvalue weighted by Gasteiger charge is -2.31. The van der Waals surface area contributed by atoms with Gasteiger partial charge in [-0.25, -0.2) is 4.39 Å². The summed E-state index contributed by atoms with van der Waals surface area (Å²) in [7, 11) is 4.16. The van der Waals surface area contributed by atoms with Crippen LogP contribution in [0, 0.1) is 11.7 Å². The fourth-order valence-corrected chi connectivity index (χ4v) is 2.85. The van der Waals surface area contributed by atoms with E-state index in [0.717, 1.165) is 24.6 Å². The van der Waals surface area contributed by atoms with Crippen LogP contribution in [-0.2, 0) is 0 Å². The van der Waals surface area contributed by atoms with Crippen molar-refractivity contribution >= 4 is 11.4 Å². The highest BCUT2D eigenvalue weighted by molar-refractivity contribution is 5.67. The molecule has 19 heavy (non-hydrogen) atoms. The fourth-order valence-electron chi connectivity index (χ4n) is 2.85. The largest absolute Gasteiger partial charge is 0.397 e. The van der Waals surface area contributed by atoms with Gasteiger partial charge in [-0.1, -0.05) is 0 Å². The Morgan fingerprint density at radius 3 is 3.00 bits per heavy atom. The number of nitrogen functional groups attached to an aromatic ring is 1. The normalized spacial score (nSPS) is 20.5. The van der Waals surface area contributed by atoms with E-state index in [4.69, 9.17) is 5.73 Å². The molecule has 106 valence electrons. The molecular weight excluding hydrogens is 241 g/mol. The van der Waals surface area contributed by atoms with Crippen molar-refractivity contribution in [2.45, 2.75) is 19.3 Å². The molecule has 1 aliphatic rings. The Balaban J connectivity index is 1.90. The maximum absolute atomic E-state index is 13.3. The van der Waals surface area contributed by atoms with Crippen molar-refractivity contribution < 1.29 is 4.39 Å². The van der Waals surface area contributed by atoms with Crippen LogP contribution in [0.3, 0.4) is 0 Å². The molecule has 1 aromatic rings. The van der Waals surface area contributed by atoms with Crippen LogP contribution in [0.4, 0.5) is 15.8 Å². The number of hydrogen-bond acceptors (Lipinski definition) is 3. The highest BCUT2D eigenvalue weighted by atomic mass is 19.1. The quantitative estimate of drug-likeness (QED) is 0.849. The molecule has 1 aromatic carbocycles. The van der Waals surface area contributed by atoms with Gasteiger partial charge in [-0.05, 0) is 57.0 Å². The molecule has 1 atom stereocenters. The summed E-state index contributed by atoms with van der Waals surface area (Å²) in [6.45, 7) is 3.31. The number of piperidine rings is 1. The predicted molar refractivity (Wildman–Crippen MR) is 78.9 cm³/mol. The minimum Gasteiger partial charge on any atom is -0.397 e. The SMILES string of the molecule is CN1CCCC(CCN(C)c2cc(F)ccc2N)C1. The van der Waals surface area contributed by atoms with Gasteiger partial charge in [-0.2, -0.15) is 0 Å². The van der Waals surface area contributed by atoms with Crippen molar-refractivity contribution in [1.29, 1.82) is 0 Å². The van der Waals surface area contributed by atoms with Crippen molar-refractivity contribution in [3.8, 4) is 0 Å². The summed E-state index contributed by atoms with van der Waals surface area (Å²) < 4.78 is 13.3. The Hall–Kier alpha value is -1.29. The molecule has 1 heterocycles. The van der Waals surface area contributed by atoms with Crippen LogP contribution in [0.5, 0.6) is 0 Å².